The smallest absolute Gasteiger partial charge is 0.245 e. The maximum Gasteiger partial charge on any atom is 0.245 e. The van der Waals surface area contributed by atoms with Crippen LogP contribution in [0.15, 0.2) is 35.8 Å². The zero-order chi connectivity index (χ0) is 22.4. The molecule has 0 bridgehead atoms. The van der Waals surface area contributed by atoms with Gasteiger partial charge in [0.2, 0.25) is 5.95 Å². The summed E-state index contributed by atoms with van der Waals surface area (Å²) >= 11 is 1.67. The Morgan fingerprint density at radius 2 is 1.81 bits per heavy atom. The van der Waals surface area contributed by atoms with Crippen LogP contribution in [0.2, 0.25) is 0 Å². The van der Waals surface area contributed by atoms with Gasteiger partial charge in [-0.15, -0.1) is 21.5 Å². The topological polar surface area (TPSA) is 74.2 Å². The van der Waals surface area contributed by atoms with Gasteiger partial charge in [0.05, 0.1) is 6.20 Å². The first kappa shape index (κ1) is 21.7. The molecule has 1 aliphatic heterocycles. The molecule has 0 radical (unpaired) electrons. The van der Waals surface area contributed by atoms with E-state index in [2.05, 4.69) is 71.5 Å². The van der Waals surface area contributed by atoms with Gasteiger partial charge >= 0.3 is 0 Å². The van der Waals surface area contributed by atoms with E-state index in [-0.39, 0.29) is 16.8 Å². The summed E-state index contributed by atoms with van der Waals surface area (Å²) in [5.74, 6) is 0.787. The summed E-state index contributed by atoms with van der Waals surface area (Å²) in [6.07, 6.45) is 3.70. The number of thiophene rings is 1. The van der Waals surface area contributed by atoms with Crippen molar-refractivity contribution in [2.75, 3.05) is 11.9 Å². The average molecular weight is 438 g/mol. The number of piperidine rings is 1. The highest BCUT2D eigenvalue weighted by Gasteiger charge is 2.39. The van der Waals surface area contributed by atoms with Crippen LogP contribution in [0.5, 0.6) is 5.75 Å². The highest BCUT2D eigenvalue weighted by atomic mass is 32.1. The molecule has 1 fully saturated rings. The minimum absolute atomic E-state index is 0.0443. The second-order valence-corrected chi connectivity index (χ2v) is 10.8. The maximum absolute atomic E-state index is 10.6. The summed E-state index contributed by atoms with van der Waals surface area (Å²) in [6, 6.07) is 8.10. The molecule has 0 spiro atoms. The quantitative estimate of drug-likeness (QED) is 0.597. The third-order valence-electron chi connectivity index (χ3n) is 5.87. The van der Waals surface area contributed by atoms with Gasteiger partial charge in [-0.1, -0.05) is 6.07 Å². The average Bonchev–Trinajstić information content (AvgIpc) is 3.11. The molecule has 4 rings (SSSR count). The number of anilines is 1. The molecule has 0 amide bonds. The number of hydrogen-bond acceptors (Lipinski definition) is 7. The molecule has 7 heteroatoms. The second-order valence-electron chi connectivity index (χ2n) is 9.93. The molecule has 1 aromatic carbocycles. The first-order valence-corrected chi connectivity index (χ1v) is 11.5. The Balaban J connectivity index is 1.54. The molecule has 0 saturated carbocycles. The number of aromatic nitrogens is 3. The molecular weight excluding hydrogens is 406 g/mol. The molecule has 1 aliphatic rings. The van der Waals surface area contributed by atoms with Crippen LogP contribution < -0.4 is 10.2 Å². The molecule has 6 nitrogen and oxygen atoms in total. The van der Waals surface area contributed by atoms with Crippen LogP contribution in [-0.2, 0) is 0 Å². The molecule has 0 aliphatic carbocycles. The van der Waals surface area contributed by atoms with Gasteiger partial charge in [-0.05, 0) is 82.2 Å². The lowest BCUT2D eigenvalue weighted by Crippen LogP contribution is -2.62. The predicted octanol–water partition coefficient (Wildman–Crippen LogP) is 5.03. The molecule has 3 aromatic rings. The van der Waals surface area contributed by atoms with E-state index in [0.717, 1.165) is 23.3 Å². The normalized spacial score (nSPS) is 18.1. The van der Waals surface area contributed by atoms with E-state index in [1.165, 1.54) is 5.56 Å². The van der Waals surface area contributed by atoms with Gasteiger partial charge in [-0.2, -0.15) is 0 Å². The Labute approximate surface area is 188 Å². The number of hydrogen-bond donors (Lipinski definition) is 2. The van der Waals surface area contributed by atoms with Crippen LogP contribution in [0.4, 0.5) is 5.95 Å². The minimum atomic E-state index is 0.0443. The van der Waals surface area contributed by atoms with Gasteiger partial charge in [0.15, 0.2) is 0 Å². The lowest BCUT2D eigenvalue weighted by Gasteiger charge is -2.48. The van der Waals surface area contributed by atoms with Crippen molar-refractivity contribution < 1.29 is 5.11 Å². The Bertz CT molecular complexity index is 1060. The predicted molar refractivity (Wildman–Crippen MR) is 128 cm³/mol. The van der Waals surface area contributed by atoms with Crippen LogP contribution in [0.25, 0.3) is 21.7 Å². The van der Waals surface area contributed by atoms with Crippen molar-refractivity contribution in [3.63, 3.8) is 0 Å². The number of nitrogens with zero attached hydrogens (tertiary/aromatic N) is 4. The molecule has 0 atom stereocenters. The first-order chi connectivity index (χ1) is 14.5. The fourth-order valence-electron chi connectivity index (χ4n) is 4.74. The third kappa shape index (κ3) is 4.72. The fourth-order valence-corrected chi connectivity index (χ4v) is 5.64. The lowest BCUT2D eigenvalue weighted by molar-refractivity contribution is 0.160. The summed E-state index contributed by atoms with van der Waals surface area (Å²) in [5.41, 5.74) is 3.50. The van der Waals surface area contributed by atoms with Gasteiger partial charge in [-0.25, -0.2) is 4.98 Å². The number of phenols is 1. The Hall–Kier alpha value is -2.51. The highest BCUT2D eigenvalue weighted by Crippen LogP contribution is 2.35. The molecule has 3 heterocycles. The van der Waals surface area contributed by atoms with Gasteiger partial charge in [-0.3, -0.25) is 0 Å². The van der Waals surface area contributed by atoms with Crippen LogP contribution in [0.3, 0.4) is 0 Å². The van der Waals surface area contributed by atoms with E-state index in [4.69, 9.17) is 0 Å². The summed E-state index contributed by atoms with van der Waals surface area (Å²) in [7, 11) is 2.04. The number of aromatic hydroxyl groups is 1. The summed E-state index contributed by atoms with van der Waals surface area (Å²) in [5, 5.41) is 25.2. The number of aryl methyl sites for hydroxylation is 1. The van der Waals surface area contributed by atoms with Gasteiger partial charge < -0.3 is 15.3 Å². The monoisotopic (exact) mass is 437 g/mol. The van der Waals surface area contributed by atoms with Gasteiger partial charge in [0, 0.05) is 34.6 Å². The van der Waals surface area contributed by atoms with E-state index < -0.39 is 0 Å². The molecule has 0 unspecified atom stereocenters. The standard InChI is InChI=1S/C24H31N5OS/c1-15-9-21(31-14-15)16-7-8-18(20(30)10-16)19-13-25-22(27-26-19)29(6)17-11-23(2,3)28-24(4,5)12-17/h7-10,13-14,17,28,30H,11-12H2,1-6H3. The summed E-state index contributed by atoms with van der Waals surface area (Å²) in [6.45, 7) is 11.0. The highest BCUT2D eigenvalue weighted by molar-refractivity contribution is 7.13. The fraction of sp³-hybridized carbons (Fsp3) is 0.458. The Morgan fingerprint density at radius 1 is 1.10 bits per heavy atom. The maximum atomic E-state index is 10.6. The summed E-state index contributed by atoms with van der Waals surface area (Å²) < 4.78 is 0. The second kappa shape index (κ2) is 7.88. The van der Waals surface area contributed by atoms with E-state index in [9.17, 15) is 5.11 Å². The zero-order valence-electron chi connectivity index (χ0n) is 19.1. The van der Waals surface area contributed by atoms with E-state index in [1.807, 2.05) is 19.2 Å². The first-order valence-electron chi connectivity index (χ1n) is 10.6. The zero-order valence-corrected chi connectivity index (χ0v) is 19.9. The lowest BCUT2D eigenvalue weighted by atomic mass is 9.79. The van der Waals surface area contributed by atoms with Crippen molar-refractivity contribution >= 4 is 17.3 Å². The van der Waals surface area contributed by atoms with Crippen LogP contribution in [0, 0.1) is 6.92 Å². The molecular formula is C24H31N5OS. The van der Waals surface area contributed by atoms with E-state index in [1.54, 1.807) is 23.6 Å². The molecule has 1 saturated heterocycles. The van der Waals surface area contributed by atoms with Gasteiger partial charge in [0.25, 0.3) is 0 Å². The van der Waals surface area contributed by atoms with Crippen molar-refractivity contribution in [1.82, 2.24) is 20.5 Å². The minimum Gasteiger partial charge on any atom is -0.507 e. The van der Waals surface area contributed by atoms with Crippen LogP contribution in [-0.4, -0.2) is 44.5 Å². The molecule has 31 heavy (non-hydrogen) atoms. The number of nitrogens with one attached hydrogen (secondary N) is 1. The number of rotatable bonds is 4. The van der Waals surface area contributed by atoms with E-state index >= 15 is 0 Å². The van der Waals surface area contributed by atoms with Crippen molar-refractivity contribution in [1.29, 1.82) is 0 Å². The third-order valence-corrected chi connectivity index (χ3v) is 6.97. The number of benzene rings is 1. The number of phenolic OH excluding ortho intramolecular Hbond substituents is 1. The van der Waals surface area contributed by atoms with Crippen molar-refractivity contribution in [3.8, 4) is 27.4 Å². The van der Waals surface area contributed by atoms with Crippen molar-refractivity contribution in [3.05, 3.63) is 41.4 Å². The Morgan fingerprint density at radius 3 is 2.35 bits per heavy atom. The molecule has 2 N–H and O–H groups in total. The van der Waals surface area contributed by atoms with Crippen molar-refractivity contribution in [2.24, 2.45) is 0 Å². The SMILES string of the molecule is Cc1csc(-c2ccc(-c3cnc(N(C)C4CC(C)(C)NC(C)(C)C4)nn3)c(O)c2)c1. The molecule has 2 aromatic heterocycles. The van der Waals surface area contributed by atoms with E-state index in [0.29, 0.717) is 23.2 Å². The summed E-state index contributed by atoms with van der Waals surface area (Å²) in [4.78, 5) is 7.83. The van der Waals surface area contributed by atoms with Crippen molar-refractivity contribution in [2.45, 2.75) is 64.6 Å². The van der Waals surface area contributed by atoms with Gasteiger partial charge in [0.1, 0.15) is 11.4 Å². The van der Waals surface area contributed by atoms with Crippen LogP contribution >= 0.6 is 11.3 Å². The Kier molecular flexibility index (Phi) is 5.52. The largest absolute Gasteiger partial charge is 0.507 e. The molecule has 164 valence electrons. The van der Waals surface area contributed by atoms with Crippen LogP contribution in [0.1, 0.15) is 46.1 Å².